The molecule has 1 aromatic rings. The molecule has 0 aliphatic carbocycles. The standard InChI is InChI=1S/C17H22N2O5/c20-16(19-7-4-17(5-8-19)23-9-10-24-17)3-6-18-13-1-2-14-15(11-13)22-12-21-14/h1-2,11,18H,3-10,12H2. The molecule has 1 spiro atoms. The van der Waals surface area contributed by atoms with Gasteiger partial charge in [0.15, 0.2) is 17.3 Å². The number of carbonyl (C=O) groups excluding carboxylic acids is 1. The van der Waals surface area contributed by atoms with Crippen LogP contribution in [0.4, 0.5) is 5.69 Å². The zero-order valence-corrected chi connectivity index (χ0v) is 13.6. The van der Waals surface area contributed by atoms with Crippen molar-refractivity contribution in [2.75, 3.05) is 45.0 Å². The van der Waals surface area contributed by atoms with Crippen molar-refractivity contribution in [3.8, 4) is 11.5 Å². The van der Waals surface area contributed by atoms with Crippen molar-refractivity contribution in [2.45, 2.75) is 25.0 Å². The van der Waals surface area contributed by atoms with Gasteiger partial charge in [0, 0.05) is 50.7 Å². The summed E-state index contributed by atoms with van der Waals surface area (Å²) in [5, 5.41) is 3.26. The van der Waals surface area contributed by atoms with E-state index in [1.807, 2.05) is 23.1 Å². The fourth-order valence-electron chi connectivity index (χ4n) is 3.36. The van der Waals surface area contributed by atoms with Crippen LogP contribution in [-0.4, -0.2) is 56.2 Å². The highest BCUT2D eigenvalue weighted by Gasteiger charge is 2.40. The molecule has 0 bridgehead atoms. The van der Waals surface area contributed by atoms with E-state index in [-0.39, 0.29) is 12.7 Å². The van der Waals surface area contributed by atoms with Crippen molar-refractivity contribution in [3.05, 3.63) is 18.2 Å². The van der Waals surface area contributed by atoms with Gasteiger partial charge in [-0.25, -0.2) is 0 Å². The van der Waals surface area contributed by atoms with Gasteiger partial charge in [-0.3, -0.25) is 4.79 Å². The molecule has 0 atom stereocenters. The first kappa shape index (κ1) is 15.5. The Balaban J connectivity index is 1.22. The molecule has 0 aromatic heterocycles. The number of likely N-dealkylation sites (tertiary alicyclic amines) is 1. The second kappa shape index (κ2) is 6.49. The van der Waals surface area contributed by atoms with E-state index in [4.69, 9.17) is 18.9 Å². The maximum absolute atomic E-state index is 12.3. The minimum Gasteiger partial charge on any atom is -0.454 e. The lowest BCUT2D eigenvalue weighted by atomic mass is 10.0. The molecule has 2 saturated heterocycles. The molecule has 7 nitrogen and oxygen atoms in total. The van der Waals surface area contributed by atoms with Gasteiger partial charge in [-0.15, -0.1) is 0 Å². The molecule has 1 amide bonds. The molecule has 130 valence electrons. The second-order valence-corrected chi connectivity index (χ2v) is 6.23. The summed E-state index contributed by atoms with van der Waals surface area (Å²) in [4.78, 5) is 14.2. The van der Waals surface area contributed by atoms with Gasteiger partial charge < -0.3 is 29.2 Å². The summed E-state index contributed by atoms with van der Waals surface area (Å²) in [7, 11) is 0. The van der Waals surface area contributed by atoms with E-state index in [0.29, 0.717) is 39.3 Å². The van der Waals surface area contributed by atoms with Gasteiger partial charge in [-0.1, -0.05) is 0 Å². The predicted molar refractivity (Wildman–Crippen MR) is 86.1 cm³/mol. The number of fused-ring (bicyclic) bond motifs is 1. The van der Waals surface area contributed by atoms with Crippen molar-refractivity contribution in [1.29, 1.82) is 0 Å². The van der Waals surface area contributed by atoms with E-state index in [1.54, 1.807) is 0 Å². The number of hydrogen-bond donors (Lipinski definition) is 1. The molecule has 1 N–H and O–H groups in total. The first-order valence-corrected chi connectivity index (χ1v) is 8.43. The number of rotatable bonds is 4. The lowest BCUT2D eigenvalue weighted by Crippen LogP contribution is -2.47. The molecule has 2 fully saturated rings. The molecule has 7 heteroatoms. The predicted octanol–water partition coefficient (Wildman–Crippen LogP) is 1.58. The zero-order chi connectivity index (χ0) is 16.4. The third-order valence-electron chi connectivity index (χ3n) is 4.73. The van der Waals surface area contributed by atoms with Crippen LogP contribution < -0.4 is 14.8 Å². The molecule has 3 aliphatic heterocycles. The molecule has 1 aromatic carbocycles. The number of nitrogens with zero attached hydrogens (tertiary/aromatic N) is 1. The van der Waals surface area contributed by atoms with Crippen molar-refractivity contribution < 1.29 is 23.7 Å². The zero-order valence-electron chi connectivity index (χ0n) is 13.6. The molecule has 0 unspecified atom stereocenters. The normalized spacial score (nSPS) is 21.2. The lowest BCUT2D eigenvalue weighted by molar-refractivity contribution is -0.187. The van der Waals surface area contributed by atoms with E-state index in [0.717, 1.165) is 30.0 Å². The Bertz CT molecular complexity index is 605. The fraction of sp³-hybridized carbons (Fsp3) is 0.588. The largest absolute Gasteiger partial charge is 0.454 e. The third kappa shape index (κ3) is 3.14. The molecule has 0 radical (unpaired) electrons. The number of carbonyl (C=O) groups is 1. The molecule has 4 rings (SSSR count). The minimum absolute atomic E-state index is 0.163. The minimum atomic E-state index is -0.429. The van der Waals surface area contributed by atoms with Crippen LogP contribution in [0.5, 0.6) is 11.5 Å². The Morgan fingerprint density at radius 3 is 2.67 bits per heavy atom. The first-order chi connectivity index (χ1) is 11.7. The van der Waals surface area contributed by atoms with Crippen LogP contribution >= 0.6 is 0 Å². The third-order valence-corrected chi connectivity index (χ3v) is 4.73. The average molecular weight is 334 g/mol. The van der Waals surface area contributed by atoms with Gasteiger partial charge in [0.05, 0.1) is 13.2 Å². The number of piperidine rings is 1. The van der Waals surface area contributed by atoms with Crippen LogP contribution in [0.15, 0.2) is 18.2 Å². The Morgan fingerprint density at radius 2 is 1.88 bits per heavy atom. The average Bonchev–Trinajstić information content (AvgIpc) is 3.24. The van der Waals surface area contributed by atoms with Gasteiger partial charge in [-0.2, -0.15) is 0 Å². The monoisotopic (exact) mass is 334 g/mol. The molecule has 3 heterocycles. The molecular formula is C17H22N2O5. The van der Waals surface area contributed by atoms with Gasteiger partial charge in [0.25, 0.3) is 0 Å². The summed E-state index contributed by atoms with van der Waals surface area (Å²) < 4.78 is 22.0. The number of hydrogen-bond acceptors (Lipinski definition) is 6. The first-order valence-electron chi connectivity index (χ1n) is 8.43. The van der Waals surface area contributed by atoms with Gasteiger partial charge in [0.1, 0.15) is 0 Å². The van der Waals surface area contributed by atoms with Crippen molar-refractivity contribution in [2.24, 2.45) is 0 Å². The van der Waals surface area contributed by atoms with Crippen LogP contribution in [0, 0.1) is 0 Å². The molecule has 24 heavy (non-hydrogen) atoms. The summed E-state index contributed by atoms with van der Waals surface area (Å²) in [6, 6.07) is 5.70. The highest BCUT2D eigenvalue weighted by Crippen LogP contribution is 2.34. The highest BCUT2D eigenvalue weighted by molar-refractivity contribution is 5.77. The van der Waals surface area contributed by atoms with E-state index in [1.165, 1.54) is 0 Å². The fourth-order valence-corrected chi connectivity index (χ4v) is 3.36. The van der Waals surface area contributed by atoms with Crippen LogP contribution in [-0.2, 0) is 14.3 Å². The molecular weight excluding hydrogens is 312 g/mol. The Kier molecular flexibility index (Phi) is 4.20. The maximum Gasteiger partial charge on any atom is 0.231 e. The highest BCUT2D eigenvalue weighted by atomic mass is 16.7. The van der Waals surface area contributed by atoms with E-state index >= 15 is 0 Å². The van der Waals surface area contributed by atoms with E-state index in [2.05, 4.69) is 5.32 Å². The smallest absolute Gasteiger partial charge is 0.231 e. The van der Waals surface area contributed by atoms with Crippen molar-refractivity contribution in [3.63, 3.8) is 0 Å². The number of benzene rings is 1. The Hall–Kier alpha value is -1.99. The van der Waals surface area contributed by atoms with E-state index in [9.17, 15) is 4.79 Å². The van der Waals surface area contributed by atoms with Crippen LogP contribution in [0.25, 0.3) is 0 Å². The van der Waals surface area contributed by atoms with E-state index < -0.39 is 5.79 Å². The van der Waals surface area contributed by atoms with Crippen LogP contribution in [0.2, 0.25) is 0 Å². The lowest BCUT2D eigenvalue weighted by Gasteiger charge is -2.37. The number of nitrogens with one attached hydrogen (secondary N) is 1. The van der Waals surface area contributed by atoms with Gasteiger partial charge >= 0.3 is 0 Å². The summed E-state index contributed by atoms with van der Waals surface area (Å²) in [6.45, 7) is 3.57. The SMILES string of the molecule is O=C(CCNc1ccc2c(c1)OCO2)N1CCC2(CC1)OCCO2. The van der Waals surface area contributed by atoms with Crippen LogP contribution in [0.3, 0.4) is 0 Å². The maximum atomic E-state index is 12.3. The Labute approximate surface area is 140 Å². The number of anilines is 1. The second-order valence-electron chi connectivity index (χ2n) is 6.23. The van der Waals surface area contributed by atoms with Crippen molar-refractivity contribution >= 4 is 11.6 Å². The van der Waals surface area contributed by atoms with Gasteiger partial charge in [0.2, 0.25) is 12.7 Å². The summed E-state index contributed by atoms with van der Waals surface area (Å²) in [5.74, 6) is 1.23. The Morgan fingerprint density at radius 1 is 1.12 bits per heavy atom. The van der Waals surface area contributed by atoms with Crippen LogP contribution in [0.1, 0.15) is 19.3 Å². The van der Waals surface area contributed by atoms with Crippen molar-refractivity contribution in [1.82, 2.24) is 4.90 Å². The quantitative estimate of drug-likeness (QED) is 0.902. The summed E-state index contributed by atoms with van der Waals surface area (Å²) in [5.41, 5.74) is 0.928. The van der Waals surface area contributed by atoms with Gasteiger partial charge in [-0.05, 0) is 12.1 Å². The molecule has 0 saturated carbocycles. The number of ether oxygens (including phenoxy) is 4. The summed E-state index contributed by atoms with van der Waals surface area (Å²) in [6.07, 6.45) is 1.98. The number of amides is 1. The molecule has 3 aliphatic rings. The topological polar surface area (TPSA) is 69.3 Å². The summed E-state index contributed by atoms with van der Waals surface area (Å²) >= 11 is 0.